The van der Waals surface area contributed by atoms with Crippen molar-refractivity contribution in [3.8, 4) is 23.0 Å². The summed E-state index contributed by atoms with van der Waals surface area (Å²) in [5, 5.41) is 5.93. The summed E-state index contributed by atoms with van der Waals surface area (Å²) >= 11 is 0. The highest BCUT2D eigenvalue weighted by Crippen LogP contribution is 2.31. The number of nitrogens with one attached hydrogen (secondary N) is 2. The minimum atomic E-state index is -0.519. The third-order valence-corrected chi connectivity index (χ3v) is 7.91. The molecule has 43 heavy (non-hydrogen) atoms. The first-order chi connectivity index (χ1) is 20.9. The number of benzene rings is 3. The van der Waals surface area contributed by atoms with E-state index in [0.717, 1.165) is 24.0 Å². The predicted molar refractivity (Wildman–Crippen MR) is 158 cm³/mol. The number of hydrogen-bond acceptors (Lipinski definition) is 7. The average Bonchev–Trinajstić information content (AvgIpc) is 3.77. The van der Waals surface area contributed by atoms with Crippen molar-refractivity contribution in [1.82, 2.24) is 15.5 Å². The van der Waals surface area contributed by atoms with Crippen LogP contribution in [0.2, 0.25) is 0 Å². The van der Waals surface area contributed by atoms with Crippen LogP contribution >= 0.6 is 0 Å². The van der Waals surface area contributed by atoms with Gasteiger partial charge in [0.15, 0.2) is 6.61 Å². The number of likely N-dealkylation sites (tertiary alicyclic amines) is 1. The zero-order valence-electron chi connectivity index (χ0n) is 24.3. The highest BCUT2D eigenvalue weighted by Gasteiger charge is 2.39. The van der Waals surface area contributed by atoms with Crippen LogP contribution in [-0.4, -0.2) is 68.2 Å². The summed E-state index contributed by atoms with van der Waals surface area (Å²) in [6.45, 7) is 3.06. The van der Waals surface area contributed by atoms with Gasteiger partial charge in [0.05, 0.1) is 31.9 Å². The maximum absolute atomic E-state index is 13.7. The molecular weight excluding hydrogens is 550 g/mol. The number of aryl methyl sites for hydroxylation is 1. The largest absolute Gasteiger partial charge is 0.496 e. The second-order valence-corrected chi connectivity index (χ2v) is 11.3. The fourth-order valence-electron chi connectivity index (χ4n) is 5.34. The molecule has 3 heterocycles. The third-order valence-electron chi connectivity index (χ3n) is 7.91. The molecule has 1 saturated carbocycles. The Kier molecular flexibility index (Phi) is 8.09. The van der Waals surface area contributed by atoms with E-state index in [9.17, 15) is 14.4 Å². The van der Waals surface area contributed by atoms with Crippen LogP contribution in [0.4, 0.5) is 0 Å². The first-order valence-electron chi connectivity index (χ1n) is 14.5. The van der Waals surface area contributed by atoms with Gasteiger partial charge in [-0.15, -0.1) is 0 Å². The van der Waals surface area contributed by atoms with Gasteiger partial charge in [-0.05, 0) is 67.1 Å². The van der Waals surface area contributed by atoms with E-state index in [1.165, 1.54) is 0 Å². The summed E-state index contributed by atoms with van der Waals surface area (Å²) in [6.07, 6.45) is 1.73. The quantitative estimate of drug-likeness (QED) is 0.471. The monoisotopic (exact) mass is 585 g/mol. The molecule has 10 heteroatoms. The van der Waals surface area contributed by atoms with E-state index in [4.69, 9.17) is 18.9 Å². The van der Waals surface area contributed by atoms with Crippen molar-refractivity contribution in [2.75, 3.05) is 33.4 Å². The Balaban J connectivity index is 1.30. The fourth-order valence-corrected chi connectivity index (χ4v) is 5.34. The highest BCUT2D eigenvalue weighted by molar-refractivity contribution is 5.98. The zero-order valence-corrected chi connectivity index (χ0v) is 24.3. The summed E-state index contributed by atoms with van der Waals surface area (Å²) in [7, 11) is 1.55. The third kappa shape index (κ3) is 6.69. The number of carbonyl (C=O) groups excluding carboxylic acids is 3. The van der Waals surface area contributed by atoms with Crippen molar-refractivity contribution in [3.05, 3.63) is 82.9 Å². The molecular formula is C33H35N3O7. The van der Waals surface area contributed by atoms with Gasteiger partial charge in [0.25, 0.3) is 17.7 Å². The number of para-hydroxylation sites is 1. The molecule has 1 aliphatic carbocycles. The zero-order chi connectivity index (χ0) is 29.9. The molecule has 4 bridgehead atoms. The van der Waals surface area contributed by atoms with E-state index in [1.807, 2.05) is 43.3 Å². The maximum atomic E-state index is 13.7. The molecule has 0 spiro atoms. The van der Waals surface area contributed by atoms with Gasteiger partial charge in [-0.1, -0.05) is 24.3 Å². The number of rotatable bonds is 5. The van der Waals surface area contributed by atoms with E-state index < -0.39 is 12.1 Å². The molecule has 2 atom stereocenters. The number of nitrogens with zero attached hydrogens (tertiary/aromatic N) is 1. The van der Waals surface area contributed by atoms with Gasteiger partial charge in [0.2, 0.25) is 0 Å². The summed E-state index contributed by atoms with van der Waals surface area (Å²) < 4.78 is 23.6. The molecule has 3 aromatic carbocycles. The van der Waals surface area contributed by atoms with E-state index in [1.54, 1.807) is 36.3 Å². The topological polar surface area (TPSA) is 115 Å². The van der Waals surface area contributed by atoms with E-state index in [2.05, 4.69) is 10.6 Å². The Hall–Kier alpha value is -4.73. The lowest BCUT2D eigenvalue weighted by atomic mass is 10.1. The molecule has 3 amide bonds. The van der Waals surface area contributed by atoms with Gasteiger partial charge < -0.3 is 34.5 Å². The number of hydrogen-bond donors (Lipinski definition) is 2. The molecule has 3 aliphatic heterocycles. The Bertz CT molecular complexity index is 1520. The lowest BCUT2D eigenvalue weighted by Crippen LogP contribution is -2.45. The van der Waals surface area contributed by atoms with E-state index in [-0.39, 0.29) is 37.4 Å². The molecule has 10 nitrogen and oxygen atoms in total. The van der Waals surface area contributed by atoms with Crippen LogP contribution in [0.15, 0.2) is 60.7 Å². The second kappa shape index (κ2) is 12.2. The standard InChI is InChI=1S/C33H35N3O7/c1-20-4-3-5-27(31(20)40-2)33(39)36-16-28-29(17-36)43-24-10-8-21(9-11-24)15-34-30(37)19-42-26-13-23(32(38)35-28)12-25(14-26)41-18-22-6-7-22/h3-5,8-14,22,28-29H,6-7,15-19H2,1-2H3,(H,34,37)(H,35,38)/t28-,29-/m0/s1. The molecule has 2 N–H and O–H groups in total. The number of carbonyl (C=O) groups is 3. The normalized spacial score (nSPS) is 20.2. The molecule has 4 aliphatic rings. The Labute approximate surface area is 250 Å². The average molecular weight is 586 g/mol. The lowest BCUT2D eigenvalue weighted by molar-refractivity contribution is -0.123. The second-order valence-electron chi connectivity index (χ2n) is 11.3. The molecule has 2 fully saturated rings. The predicted octanol–water partition coefficient (Wildman–Crippen LogP) is 3.50. The highest BCUT2D eigenvalue weighted by atomic mass is 16.5. The van der Waals surface area contributed by atoms with Crippen LogP contribution in [0.3, 0.4) is 0 Å². The minimum absolute atomic E-state index is 0.203. The fraction of sp³-hybridized carbons (Fsp3) is 0.364. The van der Waals surface area contributed by atoms with E-state index in [0.29, 0.717) is 53.2 Å². The van der Waals surface area contributed by atoms with Gasteiger partial charge in [-0.2, -0.15) is 0 Å². The molecule has 0 radical (unpaired) electrons. The Morgan fingerprint density at radius 2 is 1.84 bits per heavy atom. The van der Waals surface area contributed by atoms with Crippen LogP contribution in [0.1, 0.15) is 44.7 Å². The maximum Gasteiger partial charge on any atom is 0.258 e. The van der Waals surface area contributed by atoms with Crippen LogP contribution < -0.4 is 29.6 Å². The van der Waals surface area contributed by atoms with Gasteiger partial charge in [-0.3, -0.25) is 14.4 Å². The smallest absolute Gasteiger partial charge is 0.258 e. The van der Waals surface area contributed by atoms with Crippen LogP contribution in [-0.2, 0) is 11.3 Å². The molecule has 7 rings (SSSR count). The first kappa shape index (κ1) is 28.4. The molecule has 0 unspecified atom stereocenters. The summed E-state index contributed by atoms with van der Waals surface area (Å²) in [5.74, 6) is 1.62. The molecule has 0 aromatic heterocycles. The SMILES string of the molecule is COc1c(C)cccc1C(=O)N1C[C@@H]2NC(=O)c3cc(cc(OCC4CC4)c3)OCC(=O)NCc3ccc(cc3)O[C@H]2C1. The van der Waals surface area contributed by atoms with Gasteiger partial charge >= 0.3 is 0 Å². The Morgan fingerprint density at radius 1 is 1.02 bits per heavy atom. The molecule has 3 aromatic rings. The van der Waals surface area contributed by atoms with Crippen molar-refractivity contribution in [2.24, 2.45) is 5.92 Å². The lowest BCUT2D eigenvalue weighted by Gasteiger charge is -2.21. The van der Waals surface area contributed by atoms with Gasteiger partial charge in [-0.25, -0.2) is 0 Å². The molecule has 224 valence electrons. The number of fused-ring (bicyclic) bond motifs is 7. The van der Waals surface area contributed by atoms with Crippen molar-refractivity contribution >= 4 is 17.7 Å². The van der Waals surface area contributed by atoms with Crippen LogP contribution in [0, 0.1) is 12.8 Å². The van der Waals surface area contributed by atoms with Crippen molar-refractivity contribution < 1.29 is 33.3 Å². The van der Waals surface area contributed by atoms with Gasteiger partial charge in [0, 0.05) is 24.7 Å². The van der Waals surface area contributed by atoms with Crippen molar-refractivity contribution in [1.29, 1.82) is 0 Å². The van der Waals surface area contributed by atoms with E-state index >= 15 is 0 Å². The number of methoxy groups -OCH3 is 1. The van der Waals surface area contributed by atoms with Crippen LogP contribution in [0.5, 0.6) is 23.0 Å². The minimum Gasteiger partial charge on any atom is -0.496 e. The number of ether oxygens (including phenoxy) is 4. The van der Waals surface area contributed by atoms with Crippen molar-refractivity contribution in [2.45, 2.75) is 38.5 Å². The molecule has 1 saturated heterocycles. The first-order valence-corrected chi connectivity index (χ1v) is 14.5. The van der Waals surface area contributed by atoms with Gasteiger partial charge in [0.1, 0.15) is 29.1 Å². The summed E-state index contributed by atoms with van der Waals surface area (Å²) in [6, 6.07) is 17.3. The summed E-state index contributed by atoms with van der Waals surface area (Å²) in [5.41, 5.74) is 2.52. The van der Waals surface area contributed by atoms with Crippen molar-refractivity contribution in [3.63, 3.8) is 0 Å². The Morgan fingerprint density at radius 3 is 2.60 bits per heavy atom. The summed E-state index contributed by atoms with van der Waals surface area (Å²) in [4.78, 5) is 41.5. The van der Waals surface area contributed by atoms with Crippen LogP contribution in [0.25, 0.3) is 0 Å². The number of amides is 3.